The number of nitrogens with one attached hydrogen (secondary N) is 1. The molecule has 0 unspecified atom stereocenters. The molecule has 0 fully saturated rings. The fraction of sp³-hybridized carbons (Fsp3) is 0.125. The number of hydrogen-bond donors (Lipinski definition) is 1. The number of nitriles is 1. The van der Waals surface area contributed by atoms with Gasteiger partial charge >= 0.3 is 0 Å². The Morgan fingerprint density at radius 3 is 2.68 bits per heavy atom. The Morgan fingerprint density at radius 1 is 1.23 bits per heavy atom. The summed E-state index contributed by atoms with van der Waals surface area (Å²) in [6, 6.07) is 9.54. The Kier molecular flexibility index (Phi) is 5.08. The van der Waals surface area contributed by atoms with Crippen LogP contribution >= 0.6 is 11.6 Å². The molecule has 2 aromatic rings. The number of benzene rings is 2. The van der Waals surface area contributed by atoms with Gasteiger partial charge in [0.05, 0.1) is 10.6 Å². The van der Waals surface area contributed by atoms with Crippen molar-refractivity contribution in [3.8, 4) is 6.07 Å². The lowest BCUT2D eigenvalue weighted by Gasteiger charge is -2.07. The smallest absolute Gasteiger partial charge is 0.224 e. The molecule has 1 amide bonds. The highest BCUT2D eigenvalue weighted by atomic mass is 35.5. The molecule has 0 aromatic heterocycles. The average Bonchev–Trinajstić information content (AvgIpc) is 2.48. The van der Waals surface area contributed by atoms with E-state index in [0.717, 1.165) is 18.2 Å². The zero-order chi connectivity index (χ0) is 16.1. The van der Waals surface area contributed by atoms with Crippen LogP contribution in [-0.4, -0.2) is 5.91 Å². The molecule has 0 heterocycles. The summed E-state index contributed by atoms with van der Waals surface area (Å²) in [5.74, 6) is -1.45. The van der Waals surface area contributed by atoms with Crippen molar-refractivity contribution < 1.29 is 13.6 Å². The minimum Gasteiger partial charge on any atom is -0.326 e. The lowest BCUT2D eigenvalue weighted by molar-refractivity contribution is -0.116. The van der Waals surface area contributed by atoms with Crippen molar-refractivity contribution in [2.45, 2.75) is 12.8 Å². The van der Waals surface area contributed by atoms with E-state index in [0.29, 0.717) is 11.3 Å². The summed E-state index contributed by atoms with van der Waals surface area (Å²) in [5, 5.41) is 11.6. The van der Waals surface area contributed by atoms with E-state index in [4.69, 9.17) is 16.9 Å². The summed E-state index contributed by atoms with van der Waals surface area (Å²) < 4.78 is 26.5. The number of nitrogens with zero attached hydrogens (tertiary/aromatic N) is 1. The molecule has 0 saturated carbocycles. The number of carbonyl (C=O) groups excluding carboxylic acids is 1. The third kappa shape index (κ3) is 4.03. The van der Waals surface area contributed by atoms with Crippen LogP contribution in [0, 0.1) is 23.0 Å². The second-order valence-electron chi connectivity index (χ2n) is 4.59. The van der Waals surface area contributed by atoms with Crippen molar-refractivity contribution in [1.29, 1.82) is 5.26 Å². The van der Waals surface area contributed by atoms with Crippen LogP contribution in [-0.2, 0) is 11.2 Å². The van der Waals surface area contributed by atoms with Crippen LogP contribution in [0.1, 0.15) is 17.5 Å². The van der Waals surface area contributed by atoms with Crippen LogP contribution < -0.4 is 5.32 Å². The van der Waals surface area contributed by atoms with Gasteiger partial charge in [0.1, 0.15) is 17.7 Å². The first kappa shape index (κ1) is 15.9. The van der Waals surface area contributed by atoms with E-state index in [9.17, 15) is 13.6 Å². The SMILES string of the molecule is N#Cc1ccc(NC(=O)CCc2cc(F)ccc2F)cc1Cl. The van der Waals surface area contributed by atoms with Gasteiger partial charge < -0.3 is 5.32 Å². The number of aryl methyl sites for hydroxylation is 1. The molecule has 0 radical (unpaired) electrons. The number of halogens is 3. The van der Waals surface area contributed by atoms with Crippen molar-refractivity contribution in [2.24, 2.45) is 0 Å². The van der Waals surface area contributed by atoms with Crippen LogP contribution in [0.2, 0.25) is 5.02 Å². The largest absolute Gasteiger partial charge is 0.326 e. The van der Waals surface area contributed by atoms with Gasteiger partial charge in [0.25, 0.3) is 0 Å². The van der Waals surface area contributed by atoms with Gasteiger partial charge in [-0.3, -0.25) is 4.79 Å². The highest BCUT2D eigenvalue weighted by Gasteiger charge is 2.09. The van der Waals surface area contributed by atoms with E-state index in [1.165, 1.54) is 12.1 Å². The molecule has 6 heteroatoms. The molecule has 0 aliphatic heterocycles. The second kappa shape index (κ2) is 7.01. The Morgan fingerprint density at radius 2 is 2.00 bits per heavy atom. The first-order valence-electron chi connectivity index (χ1n) is 6.43. The zero-order valence-corrected chi connectivity index (χ0v) is 12.1. The molecular weight excluding hydrogens is 310 g/mol. The van der Waals surface area contributed by atoms with E-state index in [1.54, 1.807) is 6.07 Å². The van der Waals surface area contributed by atoms with Gasteiger partial charge in [-0.25, -0.2) is 8.78 Å². The molecule has 0 aliphatic carbocycles. The number of rotatable bonds is 4. The second-order valence-corrected chi connectivity index (χ2v) is 5.00. The van der Waals surface area contributed by atoms with Crippen LogP contribution in [0.15, 0.2) is 36.4 Å². The minimum absolute atomic E-state index is 0.00199. The predicted octanol–water partition coefficient (Wildman–Crippen LogP) is 4.06. The van der Waals surface area contributed by atoms with Crippen molar-refractivity contribution in [3.63, 3.8) is 0 Å². The van der Waals surface area contributed by atoms with Gasteiger partial charge in [-0.05, 0) is 48.4 Å². The maximum absolute atomic E-state index is 13.4. The summed E-state index contributed by atoms with van der Waals surface area (Å²) in [4.78, 5) is 11.8. The van der Waals surface area contributed by atoms with Crippen LogP contribution in [0.5, 0.6) is 0 Å². The summed E-state index contributed by atoms with van der Waals surface area (Å²) in [5.41, 5.74) is 0.892. The van der Waals surface area contributed by atoms with Gasteiger partial charge in [0, 0.05) is 12.1 Å². The molecule has 1 N–H and O–H groups in total. The van der Waals surface area contributed by atoms with Gasteiger partial charge in [0.2, 0.25) is 5.91 Å². The molecule has 3 nitrogen and oxygen atoms in total. The standard InChI is InChI=1S/C16H11ClF2N2O/c17-14-8-13(4-1-11(14)9-20)21-16(22)6-2-10-7-12(18)3-5-15(10)19/h1,3-5,7-8H,2,6H2,(H,21,22). The molecule has 2 rings (SSSR count). The molecule has 0 saturated heterocycles. The lowest BCUT2D eigenvalue weighted by Crippen LogP contribution is -2.12. The average molecular weight is 321 g/mol. The van der Waals surface area contributed by atoms with Crippen LogP contribution in [0.3, 0.4) is 0 Å². The summed E-state index contributed by atoms with van der Waals surface area (Å²) in [7, 11) is 0. The lowest BCUT2D eigenvalue weighted by atomic mass is 10.1. The quantitative estimate of drug-likeness (QED) is 0.923. The molecule has 0 spiro atoms. The Hall–Kier alpha value is -2.45. The third-order valence-electron chi connectivity index (χ3n) is 3.00. The van der Waals surface area contributed by atoms with E-state index < -0.39 is 11.6 Å². The molecule has 22 heavy (non-hydrogen) atoms. The van der Waals surface area contributed by atoms with Gasteiger partial charge in [-0.1, -0.05) is 11.6 Å². The summed E-state index contributed by atoms with van der Waals surface area (Å²) >= 11 is 5.86. The highest BCUT2D eigenvalue weighted by Crippen LogP contribution is 2.20. The minimum atomic E-state index is -0.546. The van der Waals surface area contributed by atoms with E-state index in [2.05, 4.69) is 5.32 Å². The first-order valence-corrected chi connectivity index (χ1v) is 6.81. The van der Waals surface area contributed by atoms with E-state index in [1.807, 2.05) is 6.07 Å². The third-order valence-corrected chi connectivity index (χ3v) is 3.32. The van der Waals surface area contributed by atoms with Crippen molar-refractivity contribution in [1.82, 2.24) is 0 Å². The molecular formula is C16H11ClF2N2O. The molecule has 2 aromatic carbocycles. The maximum atomic E-state index is 13.4. The fourth-order valence-electron chi connectivity index (χ4n) is 1.89. The normalized spacial score (nSPS) is 10.1. The fourth-order valence-corrected chi connectivity index (χ4v) is 2.11. The molecule has 0 bridgehead atoms. The molecule has 0 aliphatic rings. The van der Waals surface area contributed by atoms with Gasteiger partial charge in [-0.15, -0.1) is 0 Å². The predicted molar refractivity (Wildman–Crippen MR) is 79.5 cm³/mol. The van der Waals surface area contributed by atoms with E-state index in [-0.39, 0.29) is 29.3 Å². The van der Waals surface area contributed by atoms with Crippen LogP contribution in [0.4, 0.5) is 14.5 Å². The zero-order valence-electron chi connectivity index (χ0n) is 11.4. The maximum Gasteiger partial charge on any atom is 0.224 e. The topological polar surface area (TPSA) is 52.9 Å². The van der Waals surface area contributed by atoms with Crippen LogP contribution in [0.25, 0.3) is 0 Å². The van der Waals surface area contributed by atoms with Crippen molar-refractivity contribution in [2.75, 3.05) is 5.32 Å². The summed E-state index contributed by atoms with van der Waals surface area (Å²) in [6.45, 7) is 0. The van der Waals surface area contributed by atoms with Crippen molar-refractivity contribution >= 4 is 23.2 Å². The van der Waals surface area contributed by atoms with Gasteiger partial charge in [-0.2, -0.15) is 5.26 Å². The summed E-state index contributed by atoms with van der Waals surface area (Å²) in [6.07, 6.45) is 0.0808. The van der Waals surface area contributed by atoms with Crippen molar-refractivity contribution in [3.05, 3.63) is 64.2 Å². The molecule has 112 valence electrons. The van der Waals surface area contributed by atoms with Gasteiger partial charge in [0.15, 0.2) is 0 Å². The Labute approximate surface area is 131 Å². The number of carbonyl (C=O) groups is 1. The first-order chi connectivity index (χ1) is 10.5. The molecule has 0 atom stereocenters. The Balaban J connectivity index is 1.97. The Bertz CT molecular complexity index is 756. The van der Waals surface area contributed by atoms with E-state index >= 15 is 0 Å². The number of hydrogen-bond acceptors (Lipinski definition) is 2. The highest BCUT2D eigenvalue weighted by molar-refractivity contribution is 6.32. The number of amides is 1. The number of anilines is 1. The monoisotopic (exact) mass is 320 g/mol.